The van der Waals surface area contributed by atoms with Crippen LogP contribution in [0.5, 0.6) is 11.5 Å². The third-order valence-corrected chi connectivity index (χ3v) is 9.33. The van der Waals surface area contributed by atoms with Crippen molar-refractivity contribution in [1.29, 1.82) is 0 Å². The quantitative estimate of drug-likeness (QED) is 0.267. The Morgan fingerprint density at radius 3 is 2.48 bits per heavy atom. The van der Waals surface area contributed by atoms with Crippen LogP contribution in [0, 0.1) is 0 Å². The van der Waals surface area contributed by atoms with Gasteiger partial charge in [-0.25, -0.2) is 4.79 Å². The Kier molecular flexibility index (Phi) is 10.8. The van der Waals surface area contributed by atoms with Crippen molar-refractivity contribution >= 4 is 40.4 Å². The number of amides is 3. The van der Waals surface area contributed by atoms with Gasteiger partial charge >= 0.3 is 11.3 Å². The van der Waals surface area contributed by atoms with Crippen LogP contribution in [0.1, 0.15) is 73.4 Å². The van der Waals surface area contributed by atoms with E-state index in [2.05, 4.69) is 10.0 Å². The summed E-state index contributed by atoms with van der Waals surface area (Å²) in [6, 6.07) is 11.0. The summed E-state index contributed by atoms with van der Waals surface area (Å²) in [6.07, 6.45) is 7.48. The fourth-order valence-corrected chi connectivity index (χ4v) is 6.82. The summed E-state index contributed by atoms with van der Waals surface area (Å²) in [5.41, 5.74) is 3.80. The Balaban J connectivity index is 1.22. The van der Waals surface area contributed by atoms with Crippen LogP contribution in [0.25, 0.3) is 0 Å². The van der Waals surface area contributed by atoms with Crippen molar-refractivity contribution < 1.29 is 28.6 Å². The van der Waals surface area contributed by atoms with E-state index < -0.39 is 11.3 Å². The summed E-state index contributed by atoms with van der Waals surface area (Å²) in [6.45, 7) is 6.33. The number of thioether (sulfide) groups is 1. The Hall–Kier alpha value is -3.57. The molecule has 0 aliphatic carbocycles. The van der Waals surface area contributed by atoms with E-state index in [4.69, 9.17) is 14.2 Å². The predicted octanol–water partition coefficient (Wildman–Crippen LogP) is 6.35. The zero-order chi connectivity index (χ0) is 31.1. The zero-order valence-corrected chi connectivity index (χ0v) is 26.7. The van der Waals surface area contributed by atoms with Crippen LogP contribution in [-0.4, -0.2) is 85.1 Å². The number of ether oxygens (including phenoxy) is 3. The van der Waals surface area contributed by atoms with Crippen LogP contribution in [0.2, 0.25) is 0 Å². The summed E-state index contributed by atoms with van der Waals surface area (Å²) in [5, 5.41) is 4.63. The minimum Gasteiger partial charge on any atom is -0.493 e. The van der Waals surface area contributed by atoms with Crippen molar-refractivity contribution in [3.8, 4) is 11.5 Å². The number of hydrogen-bond donors (Lipinski definition) is 0. The maximum atomic E-state index is 13.5. The predicted molar refractivity (Wildman–Crippen MR) is 172 cm³/mol. The van der Waals surface area contributed by atoms with E-state index in [9.17, 15) is 14.4 Å². The van der Waals surface area contributed by atoms with E-state index in [-0.39, 0.29) is 17.8 Å². The lowest BCUT2D eigenvalue weighted by Gasteiger charge is -2.31. The van der Waals surface area contributed by atoms with Crippen molar-refractivity contribution in [2.24, 2.45) is 5.10 Å². The van der Waals surface area contributed by atoms with E-state index in [1.165, 1.54) is 25.9 Å². The van der Waals surface area contributed by atoms with E-state index in [1.54, 1.807) is 37.3 Å². The fourth-order valence-electron chi connectivity index (χ4n) is 6.01. The molecule has 1 atom stereocenters. The first-order valence-corrected chi connectivity index (χ1v) is 16.4. The van der Waals surface area contributed by atoms with Gasteiger partial charge in [-0.05, 0) is 107 Å². The molecule has 0 radical (unpaired) electrons. The molecular formula is C33H42N4O6S. The van der Waals surface area contributed by atoms with Gasteiger partial charge in [-0.3, -0.25) is 9.59 Å². The van der Waals surface area contributed by atoms with Crippen LogP contribution in [0.15, 0.2) is 41.5 Å². The molecule has 11 heteroatoms. The van der Waals surface area contributed by atoms with Gasteiger partial charge in [-0.15, -0.1) is 5.01 Å². The van der Waals surface area contributed by atoms with Gasteiger partial charge in [0, 0.05) is 17.8 Å². The SMILES string of the molecule is COc1ccc(C(=O)N2CCCc3cc(C4=NN(C(=O)OCCCCCCN5CCCC5)C(=O)SC4C)ccc32)cc1OC. The molecule has 2 aromatic carbocycles. The number of carbonyl (C=O) groups excluding carboxylic acids is 3. The topological polar surface area (TPSA) is 101 Å². The molecule has 236 valence electrons. The number of hydrazone groups is 1. The standard InChI is InChI=1S/C33H42N4O6S/c1-23-30(34-37(33(40)44-23)32(39)43-20-9-5-4-6-16-35-17-7-8-18-35)25-12-14-27-24(21-25)11-10-19-36(27)31(38)26-13-15-28(41-2)29(22-26)42-3/h12-15,21-23H,4-11,16-20H2,1-3H3. The average molecular weight is 623 g/mol. The van der Waals surface area contributed by atoms with Crippen molar-refractivity contribution in [2.75, 3.05) is 51.9 Å². The summed E-state index contributed by atoms with van der Waals surface area (Å²) in [4.78, 5) is 43.4. The third-order valence-electron chi connectivity index (χ3n) is 8.38. The van der Waals surface area contributed by atoms with E-state index in [0.717, 1.165) is 78.7 Å². The first-order valence-electron chi connectivity index (χ1n) is 15.5. The number of methoxy groups -OCH3 is 2. The first kappa shape index (κ1) is 31.8. The molecule has 10 nitrogen and oxygen atoms in total. The minimum absolute atomic E-state index is 0.121. The number of fused-ring (bicyclic) bond motifs is 1. The highest BCUT2D eigenvalue weighted by Crippen LogP contribution is 2.34. The normalized spacial score (nSPS) is 18.6. The minimum atomic E-state index is -0.742. The molecule has 0 aromatic heterocycles. The molecular weight excluding hydrogens is 580 g/mol. The Labute approximate surface area is 263 Å². The number of unbranched alkanes of at least 4 members (excludes halogenated alkanes) is 3. The lowest BCUT2D eigenvalue weighted by Crippen LogP contribution is -2.38. The number of carbonyl (C=O) groups is 3. The van der Waals surface area contributed by atoms with Crippen molar-refractivity contribution in [3.63, 3.8) is 0 Å². The molecule has 3 heterocycles. The van der Waals surface area contributed by atoms with E-state index >= 15 is 0 Å². The van der Waals surface area contributed by atoms with Gasteiger partial charge in [0.05, 0.1) is 31.8 Å². The number of aryl methyl sites for hydroxylation is 1. The van der Waals surface area contributed by atoms with E-state index in [1.807, 2.05) is 25.1 Å². The number of rotatable bonds is 11. The van der Waals surface area contributed by atoms with Gasteiger partial charge in [0.2, 0.25) is 0 Å². The molecule has 3 aliphatic rings. The summed E-state index contributed by atoms with van der Waals surface area (Å²) in [7, 11) is 3.11. The van der Waals surface area contributed by atoms with Gasteiger partial charge in [-0.2, -0.15) is 5.10 Å². The molecule has 1 saturated heterocycles. The van der Waals surface area contributed by atoms with Crippen LogP contribution in [0.4, 0.5) is 15.3 Å². The molecule has 5 rings (SSSR count). The first-order chi connectivity index (χ1) is 21.4. The Morgan fingerprint density at radius 1 is 0.932 bits per heavy atom. The highest BCUT2D eigenvalue weighted by Gasteiger charge is 2.34. The maximum absolute atomic E-state index is 13.5. The molecule has 0 bridgehead atoms. The number of benzene rings is 2. The number of imide groups is 1. The second-order valence-corrected chi connectivity index (χ2v) is 12.7. The van der Waals surface area contributed by atoms with Gasteiger partial charge in [0.1, 0.15) is 0 Å². The van der Waals surface area contributed by atoms with Crippen molar-refractivity contribution in [2.45, 2.75) is 63.5 Å². The molecule has 2 aromatic rings. The highest BCUT2D eigenvalue weighted by atomic mass is 32.2. The van der Waals surface area contributed by atoms with Crippen LogP contribution in [0.3, 0.4) is 0 Å². The average Bonchev–Trinajstić information content (AvgIpc) is 3.56. The summed E-state index contributed by atoms with van der Waals surface area (Å²) in [5.74, 6) is 0.940. The largest absolute Gasteiger partial charge is 0.493 e. The lowest BCUT2D eigenvalue weighted by atomic mass is 9.96. The van der Waals surface area contributed by atoms with Gasteiger partial charge < -0.3 is 24.0 Å². The zero-order valence-electron chi connectivity index (χ0n) is 25.9. The van der Waals surface area contributed by atoms with Gasteiger partial charge in [0.25, 0.3) is 5.91 Å². The van der Waals surface area contributed by atoms with Crippen LogP contribution in [-0.2, 0) is 11.2 Å². The van der Waals surface area contributed by atoms with Gasteiger partial charge in [0.15, 0.2) is 11.5 Å². The van der Waals surface area contributed by atoms with Crippen molar-refractivity contribution in [1.82, 2.24) is 9.91 Å². The van der Waals surface area contributed by atoms with Gasteiger partial charge in [-0.1, -0.05) is 30.7 Å². The maximum Gasteiger partial charge on any atom is 0.438 e. The van der Waals surface area contributed by atoms with Crippen LogP contribution >= 0.6 is 11.8 Å². The highest BCUT2D eigenvalue weighted by molar-refractivity contribution is 8.14. The second-order valence-electron chi connectivity index (χ2n) is 11.4. The van der Waals surface area contributed by atoms with Crippen LogP contribution < -0.4 is 14.4 Å². The Bertz CT molecular complexity index is 1390. The van der Waals surface area contributed by atoms with E-state index in [0.29, 0.717) is 29.3 Å². The molecule has 44 heavy (non-hydrogen) atoms. The number of anilines is 1. The number of hydrogen-bond acceptors (Lipinski definition) is 9. The summed E-state index contributed by atoms with van der Waals surface area (Å²) >= 11 is 1.05. The number of nitrogens with zero attached hydrogens (tertiary/aromatic N) is 4. The monoisotopic (exact) mass is 622 g/mol. The summed E-state index contributed by atoms with van der Waals surface area (Å²) < 4.78 is 16.1. The molecule has 3 aliphatic heterocycles. The van der Waals surface area contributed by atoms with Crippen molar-refractivity contribution in [3.05, 3.63) is 53.1 Å². The molecule has 0 N–H and O–H groups in total. The molecule has 0 spiro atoms. The number of likely N-dealkylation sites (tertiary alicyclic amines) is 1. The smallest absolute Gasteiger partial charge is 0.438 e. The third kappa shape index (κ3) is 7.38. The fraction of sp³-hybridized carbons (Fsp3) is 0.515. The second kappa shape index (κ2) is 14.9. The molecule has 3 amide bonds. The molecule has 1 unspecified atom stereocenters. The molecule has 0 saturated carbocycles. The lowest BCUT2D eigenvalue weighted by molar-refractivity contribution is 0.0984. The Morgan fingerprint density at radius 2 is 1.70 bits per heavy atom. The molecule has 1 fully saturated rings.